The van der Waals surface area contributed by atoms with Crippen molar-refractivity contribution in [3.05, 3.63) is 0 Å². The van der Waals surface area contributed by atoms with Gasteiger partial charge in [-0.25, -0.2) is 0 Å². The molecule has 0 amide bonds. The van der Waals surface area contributed by atoms with Gasteiger partial charge in [-0.3, -0.25) is 4.79 Å². The molecule has 1 aliphatic rings. The summed E-state index contributed by atoms with van der Waals surface area (Å²) in [6.45, 7) is 12.1. The summed E-state index contributed by atoms with van der Waals surface area (Å²) in [5, 5.41) is 1.87. The summed E-state index contributed by atoms with van der Waals surface area (Å²) < 4.78 is 0.436. The van der Waals surface area contributed by atoms with Crippen LogP contribution >= 0.6 is 24.0 Å². The molecule has 0 saturated carbocycles. The molecule has 1 unspecified atom stereocenters. The molecule has 1 atom stereocenters. The fourth-order valence-electron chi connectivity index (χ4n) is 2.55. The Bertz CT molecular complexity index is 350. The summed E-state index contributed by atoms with van der Waals surface area (Å²) in [6, 6.07) is 0. The summed E-state index contributed by atoms with van der Waals surface area (Å²) in [6.07, 6.45) is 3.38. The standard InChI is InChI=1S/C14H25NO2S2/c1-10(16)11(2)19-12(18)17-15-13(3,4)8-7-9-14(15,5)6/h11H,7-9H2,1-6H3. The van der Waals surface area contributed by atoms with Crippen molar-refractivity contribution in [3.63, 3.8) is 0 Å². The van der Waals surface area contributed by atoms with Crippen LogP contribution < -0.4 is 0 Å². The topological polar surface area (TPSA) is 29.5 Å². The van der Waals surface area contributed by atoms with Crippen LogP contribution in [0.3, 0.4) is 0 Å². The molecule has 19 heavy (non-hydrogen) atoms. The Balaban J connectivity index is 2.72. The van der Waals surface area contributed by atoms with Crippen molar-refractivity contribution >= 4 is 34.1 Å². The van der Waals surface area contributed by atoms with E-state index < -0.39 is 0 Å². The molecule has 1 aliphatic heterocycles. The molecule has 1 heterocycles. The molecule has 0 bridgehead atoms. The van der Waals surface area contributed by atoms with Gasteiger partial charge >= 0.3 is 0 Å². The maximum atomic E-state index is 11.3. The lowest BCUT2D eigenvalue weighted by molar-refractivity contribution is -0.223. The van der Waals surface area contributed by atoms with E-state index in [1.165, 1.54) is 18.2 Å². The number of thiocarbonyl (C=S) groups is 1. The minimum atomic E-state index is -0.150. The highest BCUT2D eigenvalue weighted by atomic mass is 32.2. The molecule has 0 spiro atoms. The molecule has 0 aliphatic carbocycles. The van der Waals surface area contributed by atoms with Gasteiger partial charge in [-0.05, 0) is 73.0 Å². The predicted molar refractivity (Wildman–Crippen MR) is 85.3 cm³/mol. The number of Topliss-reactive ketones (excluding diaryl/α,β-unsaturated/α-hetero) is 1. The van der Waals surface area contributed by atoms with Gasteiger partial charge in [0.2, 0.25) is 4.38 Å². The second-order valence-electron chi connectivity index (χ2n) is 6.48. The molecule has 3 nitrogen and oxygen atoms in total. The summed E-state index contributed by atoms with van der Waals surface area (Å²) in [7, 11) is 0. The lowest BCUT2D eigenvalue weighted by Gasteiger charge is -2.50. The van der Waals surface area contributed by atoms with Gasteiger partial charge in [-0.1, -0.05) is 11.8 Å². The Morgan fingerprint density at radius 1 is 1.26 bits per heavy atom. The van der Waals surface area contributed by atoms with Crippen molar-refractivity contribution < 1.29 is 9.63 Å². The lowest BCUT2D eigenvalue weighted by atomic mass is 9.82. The number of carbonyl (C=O) groups is 1. The van der Waals surface area contributed by atoms with Gasteiger partial charge in [-0.15, -0.1) is 5.06 Å². The third-order valence-electron chi connectivity index (χ3n) is 3.69. The number of rotatable bonds is 3. The molecule has 5 heteroatoms. The largest absolute Gasteiger partial charge is 0.386 e. The van der Waals surface area contributed by atoms with E-state index in [9.17, 15) is 4.79 Å². The molecule has 1 saturated heterocycles. The third-order valence-corrected chi connectivity index (χ3v) is 5.00. The van der Waals surface area contributed by atoms with E-state index in [1.54, 1.807) is 6.92 Å². The van der Waals surface area contributed by atoms with Crippen LogP contribution in [0.2, 0.25) is 0 Å². The SMILES string of the molecule is CC(=O)C(C)SC(=S)ON1C(C)(C)CCCC1(C)C. The molecular formula is C14H25NO2S2. The van der Waals surface area contributed by atoms with Gasteiger partial charge in [-0.2, -0.15) is 0 Å². The van der Waals surface area contributed by atoms with Crippen LogP contribution in [-0.2, 0) is 9.63 Å². The van der Waals surface area contributed by atoms with Crippen LogP contribution in [0, 0.1) is 0 Å². The zero-order valence-electron chi connectivity index (χ0n) is 12.8. The predicted octanol–water partition coefficient (Wildman–Crippen LogP) is 3.96. The smallest absolute Gasteiger partial charge is 0.245 e. The van der Waals surface area contributed by atoms with Crippen molar-refractivity contribution in [1.82, 2.24) is 5.06 Å². The van der Waals surface area contributed by atoms with Crippen molar-refractivity contribution in [3.8, 4) is 0 Å². The Hall–Kier alpha value is -0.130. The van der Waals surface area contributed by atoms with Crippen molar-refractivity contribution in [1.29, 1.82) is 0 Å². The number of carbonyl (C=O) groups excluding carboxylic acids is 1. The molecule has 0 aromatic heterocycles. The van der Waals surface area contributed by atoms with Gasteiger partial charge in [0, 0.05) is 0 Å². The first kappa shape index (κ1) is 16.9. The summed E-state index contributed by atoms with van der Waals surface area (Å²) in [5.41, 5.74) is -0.0718. The second kappa shape index (κ2) is 6.10. The number of hydroxylamine groups is 2. The minimum absolute atomic E-state index is 0.0359. The van der Waals surface area contributed by atoms with Crippen LogP contribution in [0.5, 0.6) is 0 Å². The molecule has 0 radical (unpaired) electrons. The number of piperidine rings is 1. The summed E-state index contributed by atoms with van der Waals surface area (Å²) >= 11 is 6.60. The van der Waals surface area contributed by atoms with E-state index in [-0.39, 0.29) is 22.1 Å². The van der Waals surface area contributed by atoms with Gasteiger partial charge in [0.25, 0.3) is 0 Å². The number of ketones is 1. The lowest BCUT2D eigenvalue weighted by Crippen LogP contribution is -2.58. The highest BCUT2D eigenvalue weighted by molar-refractivity contribution is 8.23. The third kappa shape index (κ3) is 4.43. The number of nitrogens with zero attached hydrogens (tertiary/aromatic N) is 1. The van der Waals surface area contributed by atoms with E-state index >= 15 is 0 Å². The van der Waals surface area contributed by atoms with Crippen LogP contribution in [0.25, 0.3) is 0 Å². The van der Waals surface area contributed by atoms with Crippen LogP contribution in [0.15, 0.2) is 0 Å². The van der Waals surface area contributed by atoms with Crippen molar-refractivity contribution in [2.24, 2.45) is 0 Å². The summed E-state index contributed by atoms with van der Waals surface area (Å²) in [4.78, 5) is 17.2. The zero-order chi connectivity index (χ0) is 14.8. The second-order valence-corrected chi connectivity index (χ2v) is 8.43. The highest BCUT2D eigenvalue weighted by Crippen LogP contribution is 2.39. The average molecular weight is 303 g/mol. The number of thioether (sulfide) groups is 1. The molecule has 0 aromatic carbocycles. The van der Waals surface area contributed by atoms with E-state index in [0.717, 1.165) is 12.8 Å². The molecular weight excluding hydrogens is 278 g/mol. The molecule has 110 valence electrons. The Kier molecular flexibility index (Phi) is 5.43. The maximum Gasteiger partial charge on any atom is 0.245 e. The Morgan fingerprint density at radius 2 is 1.74 bits per heavy atom. The number of hydrogen-bond acceptors (Lipinski definition) is 5. The zero-order valence-corrected chi connectivity index (χ0v) is 14.4. The van der Waals surface area contributed by atoms with Gasteiger partial charge in [0.1, 0.15) is 5.78 Å². The Morgan fingerprint density at radius 3 is 2.16 bits per heavy atom. The molecule has 0 aromatic rings. The van der Waals surface area contributed by atoms with Gasteiger partial charge < -0.3 is 4.84 Å². The normalized spacial score (nSPS) is 23.7. The minimum Gasteiger partial charge on any atom is -0.386 e. The average Bonchev–Trinajstić information content (AvgIpc) is 2.23. The first-order chi connectivity index (χ1) is 8.56. The van der Waals surface area contributed by atoms with Crippen LogP contribution in [0.4, 0.5) is 0 Å². The first-order valence-corrected chi connectivity index (χ1v) is 8.04. The molecule has 1 rings (SSSR count). The monoisotopic (exact) mass is 303 g/mol. The van der Waals surface area contributed by atoms with E-state index in [0.29, 0.717) is 4.38 Å². The Labute approximate surface area is 126 Å². The molecule has 0 N–H and O–H groups in total. The fourth-order valence-corrected chi connectivity index (χ4v) is 3.63. The van der Waals surface area contributed by atoms with Crippen molar-refractivity contribution in [2.45, 2.75) is 77.1 Å². The van der Waals surface area contributed by atoms with E-state index in [1.807, 2.05) is 12.0 Å². The van der Waals surface area contributed by atoms with Crippen LogP contribution in [-0.4, -0.2) is 31.6 Å². The molecule has 1 fully saturated rings. The number of hydrogen-bond donors (Lipinski definition) is 0. The van der Waals surface area contributed by atoms with Gasteiger partial charge in [0.05, 0.1) is 16.3 Å². The quantitative estimate of drug-likeness (QED) is 0.736. The summed E-state index contributed by atoms with van der Waals surface area (Å²) in [5.74, 6) is 0.119. The van der Waals surface area contributed by atoms with E-state index in [4.69, 9.17) is 17.1 Å². The maximum absolute atomic E-state index is 11.3. The van der Waals surface area contributed by atoms with Crippen LogP contribution in [0.1, 0.15) is 60.8 Å². The van der Waals surface area contributed by atoms with Crippen molar-refractivity contribution in [2.75, 3.05) is 0 Å². The first-order valence-electron chi connectivity index (χ1n) is 6.76. The van der Waals surface area contributed by atoms with Gasteiger partial charge in [0.15, 0.2) is 0 Å². The van der Waals surface area contributed by atoms with E-state index in [2.05, 4.69) is 27.7 Å². The fraction of sp³-hybridized carbons (Fsp3) is 0.857. The highest BCUT2D eigenvalue weighted by Gasteiger charge is 2.44.